The highest BCUT2D eigenvalue weighted by molar-refractivity contribution is 5.87. The molecule has 0 bridgehead atoms. The number of unbranched alkanes of at least 4 members (excludes halogenated alkanes) is 5. The zero-order chi connectivity index (χ0) is 27.9. The van der Waals surface area contributed by atoms with Gasteiger partial charge in [-0.15, -0.1) is 0 Å². The van der Waals surface area contributed by atoms with E-state index >= 15 is 0 Å². The summed E-state index contributed by atoms with van der Waals surface area (Å²) in [6.07, 6.45) is 10.0. The number of rotatable bonds is 17. The van der Waals surface area contributed by atoms with Crippen molar-refractivity contribution in [1.82, 2.24) is 4.98 Å². The number of aromatic carboxylic acids is 1. The van der Waals surface area contributed by atoms with Crippen molar-refractivity contribution in [3.63, 3.8) is 0 Å². The van der Waals surface area contributed by atoms with Crippen LogP contribution in [0.4, 0.5) is 0 Å². The van der Waals surface area contributed by atoms with Crippen LogP contribution in [-0.4, -0.2) is 40.9 Å². The highest BCUT2D eigenvalue weighted by Crippen LogP contribution is 2.23. The molecule has 1 heterocycles. The molecule has 39 heavy (non-hydrogen) atoms. The zero-order valence-electron chi connectivity index (χ0n) is 22.2. The topological polar surface area (TPSA) is 115 Å². The maximum Gasteiger partial charge on any atom is 0.335 e. The number of carbonyl (C=O) groups is 2. The number of carboxylic acid groups (broad SMARTS) is 2. The molecule has 0 aliphatic carbocycles. The van der Waals surface area contributed by atoms with Crippen molar-refractivity contribution in [3.8, 4) is 17.4 Å². The number of carboxylic acids is 2. The van der Waals surface area contributed by atoms with E-state index in [9.17, 15) is 9.59 Å². The lowest BCUT2D eigenvalue weighted by atomic mass is 10.0. The predicted octanol–water partition coefficient (Wildman–Crippen LogP) is 6.43. The van der Waals surface area contributed by atoms with E-state index in [4.69, 9.17) is 24.4 Å². The summed E-state index contributed by atoms with van der Waals surface area (Å²) in [6.45, 7) is 0.625. The van der Waals surface area contributed by atoms with E-state index < -0.39 is 11.9 Å². The Morgan fingerprint density at radius 3 is 2.31 bits per heavy atom. The van der Waals surface area contributed by atoms with Gasteiger partial charge in [-0.3, -0.25) is 0 Å². The Morgan fingerprint density at radius 1 is 0.846 bits per heavy atom. The molecule has 0 fully saturated rings. The summed E-state index contributed by atoms with van der Waals surface area (Å²) in [5.74, 6) is -0.462. The highest BCUT2D eigenvalue weighted by atomic mass is 16.5. The van der Waals surface area contributed by atoms with Crippen LogP contribution in [-0.2, 0) is 17.8 Å². The van der Waals surface area contributed by atoms with Crippen LogP contribution in [0.25, 0.3) is 6.08 Å². The van der Waals surface area contributed by atoms with Gasteiger partial charge in [0.1, 0.15) is 23.8 Å². The molecule has 0 aliphatic heterocycles. The second kappa shape index (κ2) is 15.8. The molecule has 8 nitrogen and oxygen atoms in total. The van der Waals surface area contributed by atoms with Crippen LogP contribution in [0.15, 0.2) is 66.7 Å². The number of hydrogen-bond acceptors (Lipinski definition) is 6. The summed E-state index contributed by atoms with van der Waals surface area (Å²) in [6, 6.07) is 18.0. The summed E-state index contributed by atoms with van der Waals surface area (Å²) in [5.41, 5.74) is 2.54. The van der Waals surface area contributed by atoms with Gasteiger partial charge in [0.15, 0.2) is 0 Å². The van der Waals surface area contributed by atoms with Crippen LogP contribution < -0.4 is 14.2 Å². The fourth-order valence-electron chi connectivity index (χ4n) is 3.98. The van der Waals surface area contributed by atoms with Gasteiger partial charge in [-0.25, -0.2) is 14.6 Å². The Balaban J connectivity index is 1.41. The lowest BCUT2D eigenvalue weighted by Crippen LogP contribution is -2.03. The Bertz CT molecular complexity index is 1240. The number of aliphatic carboxylic acids is 1. The second-order valence-corrected chi connectivity index (χ2v) is 9.07. The van der Waals surface area contributed by atoms with Gasteiger partial charge in [0.05, 0.1) is 19.3 Å². The molecule has 0 amide bonds. The number of ether oxygens (including phenoxy) is 3. The van der Waals surface area contributed by atoms with Gasteiger partial charge < -0.3 is 24.4 Å². The molecule has 0 atom stereocenters. The molecule has 3 rings (SSSR count). The lowest BCUT2D eigenvalue weighted by molar-refractivity contribution is -0.131. The molecule has 1 aromatic heterocycles. The van der Waals surface area contributed by atoms with Crippen LogP contribution in [0.3, 0.4) is 0 Å². The first-order valence-electron chi connectivity index (χ1n) is 13.1. The monoisotopic (exact) mass is 533 g/mol. The van der Waals surface area contributed by atoms with Gasteiger partial charge in [0.2, 0.25) is 5.88 Å². The van der Waals surface area contributed by atoms with Gasteiger partial charge in [-0.1, -0.05) is 49.9 Å². The minimum absolute atomic E-state index is 0.122. The van der Waals surface area contributed by atoms with Crippen molar-refractivity contribution in [2.75, 3.05) is 13.7 Å². The molecule has 0 saturated carbocycles. The molecule has 0 radical (unpaired) electrons. The van der Waals surface area contributed by atoms with Gasteiger partial charge in [0.25, 0.3) is 0 Å². The molecule has 0 saturated heterocycles. The predicted molar refractivity (Wildman–Crippen MR) is 149 cm³/mol. The van der Waals surface area contributed by atoms with Gasteiger partial charge >= 0.3 is 11.9 Å². The summed E-state index contributed by atoms with van der Waals surface area (Å²) >= 11 is 0. The largest absolute Gasteiger partial charge is 0.497 e. The Morgan fingerprint density at radius 2 is 1.59 bits per heavy atom. The molecular formula is C31H35NO7. The fourth-order valence-corrected chi connectivity index (χ4v) is 3.98. The summed E-state index contributed by atoms with van der Waals surface area (Å²) in [7, 11) is 1.67. The van der Waals surface area contributed by atoms with E-state index in [0.717, 1.165) is 43.9 Å². The summed E-state index contributed by atoms with van der Waals surface area (Å²) in [5, 5.41) is 18.2. The maximum absolute atomic E-state index is 11.2. The smallest absolute Gasteiger partial charge is 0.335 e. The quantitative estimate of drug-likeness (QED) is 0.151. The number of benzene rings is 2. The van der Waals surface area contributed by atoms with E-state index in [2.05, 4.69) is 17.1 Å². The number of aromatic nitrogens is 1. The lowest BCUT2D eigenvalue weighted by Gasteiger charge is -2.11. The third-order valence-electron chi connectivity index (χ3n) is 6.08. The molecule has 0 spiro atoms. The number of hydrogen-bond donors (Lipinski definition) is 2. The zero-order valence-corrected chi connectivity index (χ0v) is 22.2. The average Bonchev–Trinajstić information content (AvgIpc) is 2.95. The van der Waals surface area contributed by atoms with E-state index in [1.807, 2.05) is 12.1 Å². The van der Waals surface area contributed by atoms with Crippen molar-refractivity contribution in [3.05, 3.63) is 89.1 Å². The van der Waals surface area contributed by atoms with Crippen LogP contribution in [0.2, 0.25) is 0 Å². The first kappa shape index (κ1) is 29.2. The molecule has 3 aromatic rings. The maximum atomic E-state index is 11.2. The van der Waals surface area contributed by atoms with E-state index in [-0.39, 0.29) is 18.1 Å². The van der Waals surface area contributed by atoms with E-state index in [1.54, 1.807) is 31.4 Å². The summed E-state index contributed by atoms with van der Waals surface area (Å²) < 4.78 is 16.8. The van der Waals surface area contributed by atoms with Gasteiger partial charge in [-0.05, 0) is 66.8 Å². The van der Waals surface area contributed by atoms with Crippen molar-refractivity contribution in [2.24, 2.45) is 0 Å². The van der Waals surface area contributed by atoms with Crippen molar-refractivity contribution in [2.45, 2.75) is 51.6 Å². The number of nitrogens with zero attached hydrogens (tertiary/aromatic N) is 1. The summed E-state index contributed by atoms with van der Waals surface area (Å²) in [4.78, 5) is 26.6. The minimum Gasteiger partial charge on any atom is -0.497 e. The molecule has 2 aromatic carbocycles. The van der Waals surface area contributed by atoms with Crippen molar-refractivity contribution in [1.29, 1.82) is 0 Å². The number of pyridine rings is 1. The second-order valence-electron chi connectivity index (χ2n) is 9.07. The van der Waals surface area contributed by atoms with Crippen molar-refractivity contribution < 1.29 is 34.0 Å². The van der Waals surface area contributed by atoms with Gasteiger partial charge in [-0.2, -0.15) is 0 Å². The first-order valence-corrected chi connectivity index (χ1v) is 13.1. The van der Waals surface area contributed by atoms with Crippen LogP contribution >= 0.6 is 0 Å². The average molecular weight is 534 g/mol. The standard InChI is InChI=1S/C31H35NO7/c1-37-26-14-12-23(13-15-26)9-6-4-2-3-5-7-20-38-28-17-18-29(32-27(28)16-19-30(33)34)39-22-24-10-8-11-25(21-24)31(35)36/h8,10-19,21H,2-7,9,20,22H2,1H3,(H,33,34)(H,35,36). The third-order valence-corrected chi connectivity index (χ3v) is 6.08. The van der Waals surface area contributed by atoms with Crippen molar-refractivity contribution >= 4 is 18.0 Å². The molecule has 0 aliphatic rings. The SMILES string of the molecule is COc1ccc(CCCCCCCCOc2ccc(OCc3cccc(C(=O)O)c3)nc2C=CC(=O)O)cc1. The first-order chi connectivity index (χ1) is 18.9. The third kappa shape index (κ3) is 10.5. The highest BCUT2D eigenvalue weighted by Gasteiger charge is 2.08. The van der Waals surface area contributed by atoms with E-state index in [1.165, 1.54) is 36.6 Å². The molecule has 0 unspecified atom stereocenters. The Hall–Kier alpha value is -4.33. The minimum atomic E-state index is -1.09. The fraction of sp³-hybridized carbons (Fsp3) is 0.323. The number of methoxy groups -OCH3 is 1. The van der Waals surface area contributed by atoms with Crippen LogP contribution in [0.5, 0.6) is 17.4 Å². The molecule has 2 N–H and O–H groups in total. The molecule has 206 valence electrons. The van der Waals surface area contributed by atoms with Crippen LogP contribution in [0.1, 0.15) is 65.7 Å². The number of aryl methyl sites for hydroxylation is 1. The van der Waals surface area contributed by atoms with Crippen LogP contribution in [0, 0.1) is 0 Å². The Labute approximate surface area is 228 Å². The molecule has 8 heteroatoms. The Kier molecular flexibility index (Phi) is 11.9. The normalized spacial score (nSPS) is 10.9. The molecular weight excluding hydrogens is 498 g/mol. The van der Waals surface area contributed by atoms with E-state index in [0.29, 0.717) is 23.6 Å². The van der Waals surface area contributed by atoms with Gasteiger partial charge in [0, 0.05) is 12.1 Å².